The van der Waals surface area contributed by atoms with E-state index in [0.717, 1.165) is 27.1 Å². The van der Waals surface area contributed by atoms with E-state index >= 15 is 0 Å². The Hall–Kier alpha value is -2.44. The standard InChI is InChI=1S/C22H23N3O2S/c1-15-12-25(13-16(2)27-15)20(26)14-28-22-19-11-7-6-10-18(19)21(23-24-22)17-8-4-3-5-9-17/h3-11,15-16H,12-14H2,1-2H3/t15-,16-/m0/s1. The first kappa shape index (κ1) is 18.9. The zero-order valence-corrected chi connectivity index (χ0v) is 16.9. The first-order chi connectivity index (χ1) is 13.6. The van der Waals surface area contributed by atoms with Crippen molar-refractivity contribution in [2.24, 2.45) is 0 Å². The number of thioether (sulfide) groups is 1. The number of nitrogens with zero attached hydrogens (tertiary/aromatic N) is 3. The van der Waals surface area contributed by atoms with E-state index in [-0.39, 0.29) is 18.1 Å². The highest BCUT2D eigenvalue weighted by atomic mass is 32.2. The molecule has 0 spiro atoms. The van der Waals surface area contributed by atoms with Gasteiger partial charge in [0.2, 0.25) is 5.91 Å². The highest BCUT2D eigenvalue weighted by Gasteiger charge is 2.26. The van der Waals surface area contributed by atoms with Crippen LogP contribution in [0.15, 0.2) is 59.6 Å². The first-order valence-electron chi connectivity index (χ1n) is 9.48. The molecule has 0 N–H and O–H groups in total. The third-order valence-electron chi connectivity index (χ3n) is 4.81. The van der Waals surface area contributed by atoms with Crippen molar-refractivity contribution in [3.63, 3.8) is 0 Å². The lowest BCUT2D eigenvalue weighted by Gasteiger charge is -2.35. The molecular weight excluding hydrogens is 370 g/mol. The highest BCUT2D eigenvalue weighted by molar-refractivity contribution is 8.00. The average molecular weight is 394 g/mol. The minimum absolute atomic E-state index is 0.0727. The molecule has 0 radical (unpaired) electrons. The lowest BCUT2D eigenvalue weighted by Crippen LogP contribution is -2.48. The van der Waals surface area contributed by atoms with Gasteiger partial charge in [-0.1, -0.05) is 66.4 Å². The summed E-state index contributed by atoms with van der Waals surface area (Å²) < 4.78 is 5.72. The van der Waals surface area contributed by atoms with Crippen LogP contribution < -0.4 is 0 Å². The highest BCUT2D eigenvalue weighted by Crippen LogP contribution is 2.31. The molecule has 144 valence electrons. The Morgan fingerprint density at radius 1 is 1.00 bits per heavy atom. The summed E-state index contributed by atoms with van der Waals surface area (Å²) in [5, 5.41) is 11.8. The Morgan fingerprint density at radius 2 is 1.64 bits per heavy atom. The van der Waals surface area contributed by atoms with Crippen LogP contribution in [0.5, 0.6) is 0 Å². The zero-order chi connectivity index (χ0) is 19.5. The number of morpholine rings is 1. The van der Waals surface area contributed by atoms with Crippen LogP contribution in [0.1, 0.15) is 13.8 Å². The van der Waals surface area contributed by atoms with Crippen molar-refractivity contribution in [2.75, 3.05) is 18.8 Å². The Bertz CT molecular complexity index is 970. The molecule has 4 rings (SSSR count). The number of amides is 1. The Morgan fingerprint density at radius 3 is 2.36 bits per heavy atom. The molecule has 2 aromatic carbocycles. The van der Waals surface area contributed by atoms with Gasteiger partial charge in [-0.2, -0.15) is 0 Å². The van der Waals surface area contributed by atoms with E-state index < -0.39 is 0 Å². The van der Waals surface area contributed by atoms with E-state index in [2.05, 4.69) is 16.3 Å². The fourth-order valence-electron chi connectivity index (χ4n) is 3.60. The van der Waals surface area contributed by atoms with E-state index in [0.29, 0.717) is 18.8 Å². The maximum absolute atomic E-state index is 12.7. The van der Waals surface area contributed by atoms with Gasteiger partial charge in [-0.25, -0.2) is 0 Å². The molecule has 6 heteroatoms. The van der Waals surface area contributed by atoms with E-state index in [4.69, 9.17) is 4.74 Å². The molecule has 1 amide bonds. The SMILES string of the molecule is C[C@H]1CN(C(=O)CSc2nnc(-c3ccccc3)c3ccccc23)C[C@H](C)O1. The molecule has 3 aromatic rings. The predicted molar refractivity (Wildman–Crippen MR) is 112 cm³/mol. The van der Waals surface area contributed by atoms with Crippen LogP contribution in [0.25, 0.3) is 22.0 Å². The second-order valence-corrected chi connectivity index (χ2v) is 8.07. The largest absolute Gasteiger partial charge is 0.372 e. The quantitative estimate of drug-likeness (QED) is 0.627. The normalized spacial score (nSPS) is 19.7. The molecule has 5 nitrogen and oxygen atoms in total. The molecule has 28 heavy (non-hydrogen) atoms. The molecule has 0 aliphatic carbocycles. The number of aromatic nitrogens is 2. The number of benzene rings is 2. The molecule has 0 bridgehead atoms. The molecule has 1 aromatic heterocycles. The summed E-state index contributed by atoms with van der Waals surface area (Å²) in [6.45, 7) is 5.29. The van der Waals surface area contributed by atoms with Crippen LogP contribution in [0.3, 0.4) is 0 Å². The van der Waals surface area contributed by atoms with Gasteiger partial charge in [-0.3, -0.25) is 4.79 Å². The number of hydrogen-bond donors (Lipinski definition) is 0. The molecule has 1 aliphatic rings. The second-order valence-electron chi connectivity index (χ2n) is 7.11. The third kappa shape index (κ3) is 4.03. The maximum atomic E-state index is 12.7. The molecule has 1 saturated heterocycles. The summed E-state index contributed by atoms with van der Waals surface area (Å²) in [6, 6.07) is 18.2. The number of rotatable bonds is 4. The minimum atomic E-state index is 0.0727. The van der Waals surface area contributed by atoms with Crippen molar-refractivity contribution in [3.05, 3.63) is 54.6 Å². The van der Waals surface area contributed by atoms with Gasteiger partial charge in [0.15, 0.2) is 0 Å². The van der Waals surface area contributed by atoms with E-state index in [1.54, 1.807) is 0 Å². The van der Waals surface area contributed by atoms with Gasteiger partial charge in [0, 0.05) is 29.4 Å². The Kier molecular flexibility index (Phi) is 5.59. The zero-order valence-electron chi connectivity index (χ0n) is 16.0. The summed E-state index contributed by atoms with van der Waals surface area (Å²) in [7, 11) is 0. The van der Waals surface area contributed by atoms with Crippen LogP contribution in [0.2, 0.25) is 0 Å². The van der Waals surface area contributed by atoms with Gasteiger partial charge in [0.25, 0.3) is 0 Å². The molecule has 2 heterocycles. The van der Waals surface area contributed by atoms with Crippen molar-refractivity contribution in [3.8, 4) is 11.3 Å². The van der Waals surface area contributed by atoms with Crippen molar-refractivity contribution in [2.45, 2.75) is 31.1 Å². The average Bonchev–Trinajstić information content (AvgIpc) is 2.71. The van der Waals surface area contributed by atoms with Crippen molar-refractivity contribution >= 4 is 28.4 Å². The summed E-state index contributed by atoms with van der Waals surface area (Å²) in [4.78, 5) is 14.6. The van der Waals surface area contributed by atoms with E-state index in [1.165, 1.54) is 11.8 Å². The second kappa shape index (κ2) is 8.29. The topological polar surface area (TPSA) is 55.3 Å². The van der Waals surface area contributed by atoms with Crippen LogP contribution in [-0.4, -0.2) is 52.1 Å². The van der Waals surface area contributed by atoms with Crippen LogP contribution in [-0.2, 0) is 9.53 Å². The van der Waals surface area contributed by atoms with Gasteiger partial charge in [0.05, 0.1) is 18.0 Å². The van der Waals surface area contributed by atoms with Crippen LogP contribution >= 0.6 is 11.8 Å². The van der Waals surface area contributed by atoms with E-state index in [9.17, 15) is 4.79 Å². The van der Waals surface area contributed by atoms with E-state index in [1.807, 2.05) is 67.3 Å². The first-order valence-corrected chi connectivity index (χ1v) is 10.5. The van der Waals surface area contributed by atoms with Gasteiger partial charge < -0.3 is 9.64 Å². The van der Waals surface area contributed by atoms with Crippen LogP contribution in [0, 0.1) is 0 Å². The molecule has 1 aliphatic heterocycles. The van der Waals surface area contributed by atoms with Gasteiger partial charge in [-0.05, 0) is 13.8 Å². The summed E-state index contributed by atoms with van der Waals surface area (Å²) in [5.41, 5.74) is 1.90. The van der Waals surface area contributed by atoms with Crippen molar-refractivity contribution in [1.82, 2.24) is 15.1 Å². The molecule has 1 fully saturated rings. The molecule has 0 saturated carbocycles. The van der Waals surface area contributed by atoms with Gasteiger partial charge in [0.1, 0.15) is 10.7 Å². The Balaban J connectivity index is 1.56. The van der Waals surface area contributed by atoms with Crippen LogP contribution in [0.4, 0.5) is 0 Å². The number of carbonyl (C=O) groups is 1. The van der Waals surface area contributed by atoms with Gasteiger partial charge >= 0.3 is 0 Å². The maximum Gasteiger partial charge on any atom is 0.233 e. The monoisotopic (exact) mass is 393 g/mol. The third-order valence-corrected chi connectivity index (χ3v) is 5.77. The fraction of sp³-hybridized carbons (Fsp3) is 0.318. The molecule has 0 unspecified atom stereocenters. The number of ether oxygens (including phenoxy) is 1. The van der Waals surface area contributed by atoms with Crippen molar-refractivity contribution in [1.29, 1.82) is 0 Å². The predicted octanol–water partition coefficient (Wildman–Crippen LogP) is 4.02. The summed E-state index contributed by atoms with van der Waals surface area (Å²) >= 11 is 1.45. The molecule has 2 atom stereocenters. The summed E-state index contributed by atoms with van der Waals surface area (Å²) in [6.07, 6.45) is 0.145. The number of carbonyl (C=O) groups excluding carboxylic acids is 1. The lowest BCUT2D eigenvalue weighted by molar-refractivity contribution is -0.140. The fourth-order valence-corrected chi connectivity index (χ4v) is 4.47. The summed E-state index contributed by atoms with van der Waals surface area (Å²) in [5.74, 6) is 0.466. The molecular formula is C22H23N3O2S. The minimum Gasteiger partial charge on any atom is -0.372 e. The number of fused-ring (bicyclic) bond motifs is 1. The lowest BCUT2D eigenvalue weighted by atomic mass is 10.1. The number of hydrogen-bond acceptors (Lipinski definition) is 5. The smallest absolute Gasteiger partial charge is 0.233 e. The Labute approximate surface area is 169 Å². The van der Waals surface area contributed by atoms with Gasteiger partial charge in [-0.15, -0.1) is 10.2 Å². The van der Waals surface area contributed by atoms with Crippen molar-refractivity contribution < 1.29 is 9.53 Å².